The molecule has 3 rings (SSSR count). The Morgan fingerprint density at radius 2 is 1.92 bits per heavy atom. The van der Waals surface area contributed by atoms with E-state index >= 15 is 0 Å². The van der Waals surface area contributed by atoms with Gasteiger partial charge in [0.05, 0.1) is 11.4 Å². The van der Waals surface area contributed by atoms with Crippen molar-refractivity contribution in [3.8, 4) is 0 Å². The summed E-state index contributed by atoms with van der Waals surface area (Å²) in [6.45, 7) is 0. The highest BCUT2D eigenvalue weighted by atomic mass is 35.5. The normalized spacial score (nSPS) is 13.4. The van der Waals surface area contributed by atoms with Crippen molar-refractivity contribution in [1.82, 2.24) is 9.97 Å². The molecule has 1 amide bonds. The zero-order chi connectivity index (χ0) is 17.1. The van der Waals surface area contributed by atoms with E-state index in [0.29, 0.717) is 20.9 Å². The van der Waals surface area contributed by atoms with Crippen LogP contribution >= 0.6 is 35.0 Å². The van der Waals surface area contributed by atoms with Crippen molar-refractivity contribution in [3.05, 3.63) is 49.9 Å². The third-order valence-electron chi connectivity index (χ3n) is 3.66. The van der Waals surface area contributed by atoms with E-state index in [2.05, 4.69) is 15.3 Å². The number of benzene rings is 1. The first-order valence-electron chi connectivity index (χ1n) is 7.52. The lowest BCUT2D eigenvalue weighted by molar-refractivity contribution is -0.113. The average Bonchev–Trinajstić information content (AvgIpc) is 2.52. The largest absolute Gasteiger partial charge is 0.325 e. The minimum atomic E-state index is -0.223. The molecule has 2 aromatic rings. The highest BCUT2D eigenvalue weighted by Gasteiger charge is 2.16. The van der Waals surface area contributed by atoms with Crippen LogP contribution in [0.15, 0.2) is 28.2 Å². The second-order valence-corrected chi connectivity index (χ2v) is 7.34. The van der Waals surface area contributed by atoms with Crippen LogP contribution in [0.2, 0.25) is 10.0 Å². The van der Waals surface area contributed by atoms with Gasteiger partial charge in [0.15, 0.2) is 5.16 Å². The van der Waals surface area contributed by atoms with Gasteiger partial charge in [-0.2, -0.15) is 0 Å². The standard InChI is InChI=1S/C16H15Cl2N3O2S/c17-9-5-10(18)7-11(6-9)19-14(22)8-24-16-20-13-4-2-1-3-12(13)15(23)21-16/h5-7H,1-4,8H2,(H,19,22)(H,20,21,23). The number of carbonyl (C=O) groups is 1. The number of nitrogens with zero attached hydrogens (tertiary/aromatic N) is 1. The smallest absolute Gasteiger partial charge is 0.254 e. The second kappa shape index (κ2) is 7.59. The first kappa shape index (κ1) is 17.3. The fourth-order valence-electron chi connectivity index (χ4n) is 2.61. The lowest BCUT2D eigenvalue weighted by atomic mass is 9.97. The summed E-state index contributed by atoms with van der Waals surface area (Å²) in [5.74, 6) is -0.0926. The predicted octanol–water partition coefficient (Wildman–Crippen LogP) is 3.69. The molecule has 1 aliphatic rings. The molecule has 5 nitrogen and oxygen atoms in total. The molecule has 1 heterocycles. The number of H-pyrrole nitrogens is 1. The molecule has 2 N–H and O–H groups in total. The van der Waals surface area contributed by atoms with Crippen LogP contribution < -0.4 is 10.9 Å². The minimum Gasteiger partial charge on any atom is -0.325 e. The molecule has 1 aromatic heterocycles. The van der Waals surface area contributed by atoms with Crippen molar-refractivity contribution in [1.29, 1.82) is 0 Å². The number of anilines is 1. The molecule has 0 unspecified atom stereocenters. The number of aromatic nitrogens is 2. The van der Waals surface area contributed by atoms with Crippen molar-refractivity contribution in [2.75, 3.05) is 11.1 Å². The molecule has 24 heavy (non-hydrogen) atoms. The van der Waals surface area contributed by atoms with Gasteiger partial charge in [0.25, 0.3) is 5.56 Å². The van der Waals surface area contributed by atoms with Crippen LogP contribution in [0.5, 0.6) is 0 Å². The molecule has 1 aliphatic carbocycles. The minimum absolute atomic E-state index is 0.0933. The number of thioether (sulfide) groups is 1. The number of nitrogens with one attached hydrogen (secondary N) is 2. The van der Waals surface area contributed by atoms with Gasteiger partial charge < -0.3 is 10.3 Å². The molecule has 0 atom stereocenters. The molecular weight excluding hydrogens is 369 g/mol. The van der Waals surface area contributed by atoms with Crippen molar-refractivity contribution >= 4 is 46.6 Å². The SMILES string of the molecule is O=C(CSc1nc2c(c(=O)[nH]1)CCCC2)Nc1cc(Cl)cc(Cl)c1. The van der Waals surface area contributed by atoms with Crippen molar-refractivity contribution < 1.29 is 4.79 Å². The molecule has 126 valence electrons. The Morgan fingerprint density at radius 1 is 1.21 bits per heavy atom. The number of hydrogen-bond donors (Lipinski definition) is 2. The van der Waals surface area contributed by atoms with Crippen LogP contribution in [0.3, 0.4) is 0 Å². The van der Waals surface area contributed by atoms with Crippen molar-refractivity contribution in [2.24, 2.45) is 0 Å². The second-order valence-electron chi connectivity index (χ2n) is 5.50. The summed E-state index contributed by atoms with van der Waals surface area (Å²) in [4.78, 5) is 31.3. The van der Waals surface area contributed by atoms with E-state index in [0.717, 1.165) is 36.9 Å². The first-order valence-corrected chi connectivity index (χ1v) is 9.26. The Hall–Kier alpha value is -1.50. The zero-order valence-electron chi connectivity index (χ0n) is 12.7. The first-order chi connectivity index (χ1) is 11.5. The molecule has 1 aromatic carbocycles. The van der Waals surface area contributed by atoms with Crippen LogP contribution in [0, 0.1) is 0 Å². The number of halogens is 2. The van der Waals surface area contributed by atoms with Crippen LogP contribution in [0.25, 0.3) is 0 Å². The molecule has 0 spiro atoms. The van der Waals surface area contributed by atoms with Gasteiger partial charge in [-0.05, 0) is 43.9 Å². The molecule has 0 radical (unpaired) electrons. The average molecular weight is 384 g/mol. The summed E-state index contributed by atoms with van der Waals surface area (Å²) in [6.07, 6.45) is 3.66. The maximum atomic E-state index is 12.1. The van der Waals surface area contributed by atoms with E-state index in [-0.39, 0.29) is 17.2 Å². The fraction of sp³-hybridized carbons (Fsp3) is 0.312. The predicted molar refractivity (Wildman–Crippen MR) is 97.3 cm³/mol. The number of fused-ring (bicyclic) bond motifs is 1. The summed E-state index contributed by atoms with van der Waals surface area (Å²) in [7, 11) is 0. The van der Waals surface area contributed by atoms with Gasteiger partial charge in [-0.1, -0.05) is 35.0 Å². The highest BCUT2D eigenvalue weighted by molar-refractivity contribution is 7.99. The third kappa shape index (κ3) is 4.32. The number of amides is 1. The van der Waals surface area contributed by atoms with Crippen molar-refractivity contribution in [2.45, 2.75) is 30.8 Å². The Labute approximate surface area is 153 Å². The lowest BCUT2D eigenvalue weighted by Gasteiger charge is -2.14. The molecule has 0 fully saturated rings. The van der Waals surface area contributed by atoms with E-state index in [1.54, 1.807) is 18.2 Å². The van der Waals surface area contributed by atoms with Gasteiger partial charge >= 0.3 is 0 Å². The monoisotopic (exact) mass is 383 g/mol. The molecule has 0 bridgehead atoms. The summed E-state index contributed by atoms with van der Waals surface area (Å²) < 4.78 is 0. The zero-order valence-corrected chi connectivity index (χ0v) is 15.0. The number of rotatable bonds is 4. The van der Waals surface area contributed by atoms with Gasteiger partial charge in [-0.15, -0.1) is 0 Å². The summed E-state index contributed by atoms with van der Waals surface area (Å²) >= 11 is 13.0. The summed E-state index contributed by atoms with van der Waals surface area (Å²) in [5, 5.41) is 4.09. The van der Waals surface area contributed by atoms with Gasteiger partial charge in [-0.3, -0.25) is 9.59 Å². The Bertz CT molecular complexity index is 818. The number of carbonyl (C=O) groups excluding carboxylic acids is 1. The maximum absolute atomic E-state index is 12.1. The summed E-state index contributed by atoms with van der Waals surface area (Å²) in [6, 6.07) is 4.83. The van der Waals surface area contributed by atoms with E-state index < -0.39 is 0 Å². The van der Waals surface area contributed by atoms with E-state index in [4.69, 9.17) is 23.2 Å². The third-order valence-corrected chi connectivity index (χ3v) is 4.97. The van der Waals surface area contributed by atoms with Gasteiger partial charge in [0.2, 0.25) is 5.91 Å². The van der Waals surface area contributed by atoms with E-state index in [9.17, 15) is 9.59 Å². The maximum Gasteiger partial charge on any atom is 0.254 e. The quantitative estimate of drug-likeness (QED) is 0.623. The molecule has 8 heteroatoms. The van der Waals surface area contributed by atoms with Crippen molar-refractivity contribution in [3.63, 3.8) is 0 Å². The van der Waals surface area contributed by atoms with Gasteiger partial charge in [-0.25, -0.2) is 4.98 Å². The van der Waals surface area contributed by atoms with Crippen LogP contribution in [0.4, 0.5) is 5.69 Å². The number of aryl methyl sites for hydroxylation is 1. The Kier molecular flexibility index (Phi) is 5.48. The van der Waals surface area contributed by atoms with Crippen LogP contribution in [0.1, 0.15) is 24.1 Å². The molecule has 0 aliphatic heterocycles. The number of hydrogen-bond acceptors (Lipinski definition) is 4. The molecule has 0 saturated heterocycles. The Morgan fingerprint density at radius 3 is 2.67 bits per heavy atom. The van der Waals surface area contributed by atoms with Crippen LogP contribution in [-0.2, 0) is 17.6 Å². The highest BCUT2D eigenvalue weighted by Crippen LogP contribution is 2.23. The number of aromatic amines is 1. The summed E-state index contributed by atoms with van der Waals surface area (Å²) in [5.41, 5.74) is 2.08. The molecule has 0 saturated carbocycles. The lowest BCUT2D eigenvalue weighted by Crippen LogP contribution is -2.22. The van der Waals surface area contributed by atoms with Gasteiger partial charge in [0.1, 0.15) is 0 Å². The van der Waals surface area contributed by atoms with Crippen LogP contribution in [-0.4, -0.2) is 21.6 Å². The Balaban J connectivity index is 1.64. The fourth-order valence-corrected chi connectivity index (χ4v) is 3.81. The van der Waals surface area contributed by atoms with E-state index in [1.165, 1.54) is 11.8 Å². The van der Waals surface area contributed by atoms with Gasteiger partial charge in [0, 0.05) is 21.3 Å². The molecular formula is C16H15Cl2N3O2S. The topological polar surface area (TPSA) is 74.8 Å². The van der Waals surface area contributed by atoms with E-state index in [1.807, 2.05) is 0 Å².